The third kappa shape index (κ3) is 3.11. The molecule has 0 saturated heterocycles. The zero-order chi connectivity index (χ0) is 12.8. The van der Waals surface area contributed by atoms with E-state index in [9.17, 15) is 4.79 Å². The van der Waals surface area contributed by atoms with Gasteiger partial charge in [0.25, 0.3) is 0 Å². The highest BCUT2D eigenvalue weighted by Gasteiger charge is 2.09. The maximum absolute atomic E-state index is 11.5. The number of para-hydroxylation sites is 1. The highest BCUT2D eigenvalue weighted by molar-refractivity contribution is 6.18. The number of esters is 1. The second-order valence-electron chi connectivity index (χ2n) is 3.78. The maximum Gasteiger partial charge on any atom is 0.312 e. The standard InChI is InChI=1S/C15H13ClO2/c16-11-10-15(17)18-14-9-5-4-8-13(14)12-6-2-1-3-7-12/h1-9H,10-11H2. The van der Waals surface area contributed by atoms with Crippen molar-refractivity contribution >= 4 is 17.6 Å². The zero-order valence-electron chi connectivity index (χ0n) is 9.80. The Kier molecular flexibility index (Phi) is 4.37. The Balaban J connectivity index is 2.29. The van der Waals surface area contributed by atoms with Crippen molar-refractivity contribution in [3.63, 3.8) is 0 Å². The average molecular weight is 261 g/mol. The van der Waals surface area contributed by atoms with Crippen molar-refractivity contribution in [2.24, 2.45) is 0 Å². The molecule has 0 aromatic heterocycles. The van der Waals surface area contributed by atoms with Gasteiger partial charge in [0.1, 0.15) is 5.75 Å². The van der Waals surface area contributed by atoms with E-state index in [-0.39, 0.29) is 18.3 Å². The van der Waals surface area contributed by atoms with E-state index >= 15 is 0 Å². The summed E-state index contributed by atoms with van der Waals surface area (Å²) in [5.74, 6) is 0.527. The van der Waals surface area contributed by atoms with Gasteiger partial charge in [0.2, 0.25) is 0 Å². The molecule has 2 nitrogen and oxygen atoms in total. The minimum Gasteiger partial charge on any atom is -0.426 e. The number of rotatable bonds is 4. The fourth-order valence-electron chi connectivity index (χ4n) is 1.66. The van der Waals surface area contributed by atoms with Gasteiger partial charge in [0.05, 0.1) is 6.42 Å². The van der Waals surface area contributed by atoms with Crippen molar-refractivity contribution in [2.75, 3.05) is 5.88 Å². The first-order valence-electron chi connectivity index (χ1n) is 5.72. The molecule has 0 aliphatic heterocycles. The predicted molar refractivity (Wildman–Crippen MR) is 72.9 cm³/mol. The molecule has 0 amide bonds. The summed E-state index contributed by atoms with van der Waals surface area (Å²) < 4.78 is 5.32. The van der Waals surface area contributed by atoms with Gasteiger partial charge in [-0.05, 0) is 11.6 Å². The van der Waals surface area contributed by atoms with Crippen molar-refractivity contribution in [1.29, 1.82) is 0 Å². The number of halogens is 1. The Morgan fingerprint density at radius 3 is 2.39 bits per heavy atom. The number of ether oxygens (including phenoxy) is 1. The van der Waals surface area contributed by atoms with Crippen molar-refractivity contribution in [3.05, 3.63) is 54.6 Å². The molecule has 2 aromatic carbocycles. The minimum absolute atomic E-state index is 0.213. The highest BCUT2D eigenvalue weighted by atomic mass is 35.5. The topological polar surface area (TPSA) is 26.3 Å². The Labute approximate surface area is 111 Å². The molecule has 2 aromatic rings. The lowest BCUT2D eigenvalue weighted by atomic mass is 10.1. The quantitative estimate of drug-likeness (QED) is 0.474. The van der Waals surface area contributed by atoms with Gasteiger partial charge in [-0.3, -0.25) is 4.79 Å². The molecule has 2 rings (SSSR count). The Morgan fingerprint density at radius 1 is 1.00 bits per heavy atom. The van der Waals surface area contributed by atoms with Crippen LogP contribution in [0.1, 0.15) is 6.42 Å². The molecule has 0 N–H and O–H groups in total. The molecular weight excluding hydrogens is 248 g/mol. The third-order valence-electron chi connectivity index (χ3n) is 2.49. The second-order valence-corrected chi connectivity index (χ2v) is 4.15. The number of alkyl halides is 1. The summed E-state index contributed by atoms with van der Waals surface area (Å²) >= 11 is 5.52. The SMILES string of the molecule is O=C(CCCl)Oc1ccccc1-c1ccccc1. The van der Waals surface area contributed by atoms with Crippen LogP contribution in [0, 0.1) is 0 Å². The highest BCUT2D eigenvalue weighted by Crippen LogP contribution is 2.29. The van der Waals surface area contributed by atoms with E-state index in [1.54, 1.807) is 6.07 Å². The molecule has 0 aliphatic rings. The molecule has 0 atom stereocenters. The summed E-state index contributed by atoms with van der Waals surface area (Å²) in [5, 5.41) is 0. The molecule has 0 aliphatic carbocycles. The van der Waals surface area contributed by atoms with Gasteiger partial charge in [0, 0.05) is 11.4 Å². The molecule has 0 fully saturated rings. The average Bonchev–Trinajstić information content (AvgIpc) is 2.40. The third-order valence-corrected chi connectivity index (χ3v) is 2.68. The van der Waals surface area contributed by atoms with Crippen LogP contribution in [0.25, 0.3) is 11.1 Å². The summed E-state index contributed by atoms with van der Waals surface area (Å²) in [5.41, 5.74) is 1.92. The minimum atomic E-state index is -0.312. The van der Waals surface area contributed by atoms with E-state index in [1.807, 2.05) is 48.5 Å². The molecule has 0 bridgehead atoms. The Morgan fingerprint density at radius 2 is 1.67 bits per heavy atom. The molecule has 0 unspecified atom stereocenters. The van der Waals surface area contributed by atoms with Gasteiger partial charge in [0.15, 0.2) is 0 Å². The van der Waals surface area contributed by atoms with Gasteiger partial charge in [-0.15, -0.1) is 11.6 Å². The largest absolute Gasteiger partial charge is 0.426 e. The van der Waals surface area contributed by atoms with Gasteiger partial charge in [-0.25, -0.2) is 0 Å². The molecule has 0 heterocycles. The molecule has 92 valence electrons. The van der Waals surface area contributed by atoms with Crippen molar-refractivity contribution in [2.45, 2.75) is 6.42 Å². The van der Waals surface area contributed by atoms with Crippen LogP contribution in [0.5, 0.6) is 5.75 Å². The van der Waals surface area contributed by atoms with E-state index in [2.05, 4.69) is 0 Å². The number of hydrogen-bond acceptors (Lipinski definition) is 2. The fourth-order valence-corrected chi connectivity index (χ4v) is 1.82. The van der Waals surface area contributed by atoms with Gasteiger partial charge in [-0.1, -0.05) is 48.5 Å². The number of benzene rings is 2. The van der Waals surface area contributed by atoms with Crippen LogP contribution in [-0.4, -0.2) is 11.8 Å². The van der Waals surface area contributed by atoms with E-state index < -0.39 is 0 Å². The lowest BCUT2D eigenvalue weighted by molar-refractivity contribution is -0.133. The summed E-state index contributed by atoms with van der Waals surface area (Å²) in [6.07, 6.45) is 0.213. The smallest absolute Gasteiger partial charge is 0.312 e. The zero-order valence-corrected chi connectivity index (χ0v) is 10.6. The first-order chi connectivity index (χ1) is 8.81. The monoisotopic (exact) mass is 260 g/mol. The summed E-state index contributed by atoms with van der Waals surface area (Å²) in [4.78, 5) is 11.5. The van der Waals surface area contributed by atoms with Crippen LogP contribution in [-0.2, 0) is 4.79 Å². The fraction of sp³-hybridized carbons (Fsp3) is 0.133. The number of carbonyl (C=O) groups is 1. The molecular formula is C15H13ClO2. The molecule has 0 radical (unpaired) electrons. The first-order valence-corrected chi connectivity index (χ1v) is 6.26. The van der Waals surface area contributed by atoms with Crippen molar-refractivity contribution in [3.8, 4) is 16.9 Å². The van der Waals surface area contributed by atoms with Crippen LogP contribution >= 0.6 is 11.6 Å². The first kappa shape index (κ1) is 12.7. The molecule has 0 spiro atoms. The second kappa shape index (κ2) is 6.22. The lowest BCUT2D eigenvalue weighted by Crippen LogP contribution is -2.08. The van der Waals surface area contributed by atoms with Crippen molar-refractivity contribution < 1.29 is 9.53 Å². The molecule has 0 saturated carbocycles. The van der Waals surface area contributed by atoms with Crippen LogP contribution in [0.4, 0.5) is 0 Å². The Bertz CT molecular complexity index is 523. The summed E-state index contributed by atoms with van der Waals surface area (Å²) in [7, 11) is 0. The van der Waals surface area contributed by atoms with Gasteiger partial charge >= 0.3 is 5.97 Å². The maximum atomic E-state index is 11.5. The lowest BCUT2D eigenvalue weighted by Gasteiger charge is -2.09. The van der Waals surface area contributed by atoms with E-state index in [4.69, 9.17) is 16.3 Å². The number of carbonyl (C=O) groups excluding carboxylic acids is 1. The molecule has 18 heavy (non-hydrogen) atoms. The summed E-state index contributed by atoms with van der Waals surface area (Å²) in [6.45, 7) is 0. The van der Waals surface area contributed by atoms with Gasteiger partial charge < -0.3 is 4.74 Å². The Hall–Kier alpha value is -1.80. The van der Waals surface area contributed by atoms with E-state index in [0.717, 1.165) is 11.1 Å². The van der Waals surface area contributed by atoms with Crippen LogP contribution in [0.15, 0.2) is 54.6 Å². The van der Waals surface area contributed by atoms with Crippen molar-refractivity contribution in [1.82, 2.24) is 0 Å². The molecule has 3 heteroatoms. The normalized spacial score (nSPS) is 10.1. The van der Waals surface area contributed by atoms with E-state index in [1.165, 1.54) is 0 Å². The van der Waals surface area contributed by atoms with Gasteiger partial charge in [-0.2, -0.15) is 0 Å². The van der Waals surface area contributed by atoms with Crippen LogP contribution in [0.2, 0.25) is 0 Å². The van der Waals surface area contributed by atoms with Crippen LogP contribution < -0.4 is 4.74 Å². The number of hydrogen-bond donors (Lipinski definition) is 0. The van der Waals surface area contributed by atoms with Crippen LogP contribution in [0.3, 0.4) is 0 Å². The van der Waals surface area contributed by atoms with E-state index in [0.29, 0.717) is 5.75 Å². The predicted octanol–water partition coefficient (Wildman–Crippen LogP) is 3.89. The summed E-state index contributed by atoms with van der Waals surface area (Å²) in [6, 6.07) is 17.3.